The van der Waals surface area contributed by atoms with Gasteiger partial charge >= 0.3 is 12.1 Å². The van der Waals surface area contributed by atoms with Gasteiger partial charge < -0.3 is 9.84 Å². The summed E-state index contributed by atoms with van der Waals surface area (Å²) in [5.41, 5.74) is 1.82. The smallest absolute Gasteiger partial charge is 0.416 e. The van der Waals surface area contributed by atoms with Crippen LogP contribution in [0.1, 0.15) is 25.0 Å². The lowest BCUT2D eigenvalue weighted by atomic mass is 10.00. The van der Waals surface area contributed by atoms with Crippen molar-refractivity contribution in [2.24, 2.45) is 0 Å². The molecule has 3 nitrogen and oxygen atoms in total. The lowest BCUT2D eigenvalue weighted by Crippen LogP contribution is -2.10. The first-order chi connectivity index (χ1) is 11.7. The number of rotatable bonds is 4. The number of aliphatic carboxylic acids is 1. The van der Waals surface area contributed by atoms with E-state index in [0.717, 1.165) is 29.4 Å². The van der Waals surface area contributed by atoms with Gasteiger partial charge in [-0.15, -0.1) is 0 Å². The molecule has 25 heavy (non-hydrogen) atoms. The minimum atomic E-state index is -4.40. The molecule has 0 aliphatic carbocycles. The number of carboxylic acids is 1. The van der Waals surface area contributed by atoms with Crippen LogP contribution in [0.4, 0.5) is 13.2 Å². The summed E-state index contributed by atoms with van der Waals surface area (Å²) >= 11 is 0. The highest BCUT2D eigenvalue weighted by Gasteiger charge is 2.31. The molecule has 0 aromatic heterocycles. The predicted octanol–water partition coefficient (Wildman–Crippen LogP) is 5.01. The second kappa shape index (κ2) is 7.42. The molecule has 1 aromatic carbocycles. The molecule has 0 unspecified atom stereocenters. The van der Waals surface area contributed by atoms with Crippen LogP contribution in [0.3, 0.4) is 0 Å². The van der Waals surface area contributed by atoms with Crippen LogP contribution in [0.5, 0.6) is 5.75 Å². The number of hydrogen-bond acceptors (Lipinski definition) is 2. The number of benzene rings is 1. The van der Waals surface area contributed by atoms with Gasteiger partial charge in [0, 0.05) is 11.6 Å². The lowest BCUT2D eigenvalue weighted by molar-refractivity contribution is -0.137. The zero-order valence-corrected chi connectivity index (χ0v) is 13.7. The number of halogens is 3. The van der Waals surface area contributed by atoms with Crippen LogP contribution < -0.4 is 4.74 Å². The monoisotopic (exact) mass is 350 g/mol. The van der Waals surface area contributed by atoms with Gasteiger partial charge in [0.05, 0.1) is 5.56 Å². The number of alkyl halides is 3. The fraction of sp³-hybridized carbons (Fsp3) is 0.211. The van der Waals surface area contributed by atoms with E-state index in [0.29, 0.717) is 16.9 Å². The van der Waals surface area contributed by atoms with Gasteiger partial charge in [-0.25, -0.2) is 4.79 Å². The van der Waals surface area contributed by atoms with Crippen LogP contribution in [0.2, 0.25) is 0 Å². The molecule has 0 bridgehead atoms. The van der Waals surface area contributed by atoms with E-state index in [4.69, 9.17) is 9.84 Å². The molecule has 132 valence electrons. The molecule has 1 N–H and O–H groups in total. The van der Waals surface area contributed by atoms with E-state index < -0.39 is 17.7 Å². The van der Waals surface area contributed by atoms with Crippen molar-refractivity contribution in [1.82, 2.24) is 0 Å². The average Bonchev–Trinajstić information content (AvgIpc) is 2.52. The summed E-state index contributed by atoms with van der Waals surface area (Å²) < 4.78 is 44.0. The fourth-order valence-corrected chi connectivity index (χ4v) is 2.28. The highest BCUT2D eigenvalue weighted by atomic mass is 19.4. The molecule has 0 fully saturated rings. The molecule has 1 heterocycles. The topological polar surface area (TPSA) is 46.5 Å². The van der Waals surface area contributed by atoms with Crippen LogP contribution in [0.25, 0.3) is 6.08 Å². The van der Waals surface area contributed by atoms with Crippen molar-refractivity contribution in [2.45, 2.75) is 20.0 Å². The molecule has 0 radical (unpaired) electrons. The van der Waals surface area contributed by atoms with Gasteiger partial charge in [-0.1, -0.05) is 18.2 Å². The van der Waals surface area contributed by atoms with Gasteiger partial charge in [-0.2, -0.15) is 13.2 Å². The Morgan fingerprint density at radius 3 is 2.64 bits per heavy atom. The molecule has 2 rings (SSSR count). The molecule has 6 heteroatoms. The average molecular weight is 350 g/mol. The van der Waals surface area contributed by atoms with E-state index in [1.807, 2.05) is 6.92 Å². The molecule has 0 atom stereocenters. The molecule has 0 saturated heterocycles. The maximum Gasteiger partial charge on any atom is 0.416 e. The number of carboxylic acid groups (broad SMARTS) is 1. The summed E-state index contributed by atoms with van der Waals surface area (Å²) in [5.74, 6) is -0.608. The fourth-order valence-electron chi connectivity index (χ4n) is 2.28. The van der Waals surface area contributed by atoms with E-state index >= 15 is 0 Å². The van der Waals surface area contributed by atoms with Crippen molar-refractivity contribution in [3.63, 3.8) is 0 Å². The number of fused-ring (bicyclic) bond motifs is 1. The number of ether oxygens (including phenoxy) is 1. The predicted molar refractivity (Wildman–Crippen MR) is 89.2 cm³/mol. The number of allylic oxidation sites excluding steroid dienone is 4. The standard InChI is InChI=1S/C19H17F3O3/c1-12(8-18(23)24)4-3-5-13(2)15-9-14-10-16(19(20,21)22)6-7-17(14)25-11-15/h3-10H,11H2,1-2H3,(H,23,24)/b4-3+,12-8+,13-5-. The van der Waals surface area contributed by atoms with Gasteiger partial charge in [-0.05, 0) is 54.8 Å². The first kappa shape index (κ1) is 18.6. The Labute approximate surface area is 143 Å². The van der Waals surface area contributed by atoms with Crippen LogP contribution >= 0.6 is 0 Å². The molecule has 0 saturated carbocycles. The van der Waals surface area contributed by atoms with Gasteiger partial charge in [0.25, 0.3) is 0 Å². The summed E-state index contributed by atoms with van der Waals surface area (Å²) in [6.07, 6.45) is 3.44. The first-order valence-electron chi connectivity index (χ1n) is 7.48. The van der Waals surface area contributed by atoms with Gasteiger partial charge in [0.1, 0.15) is 12.4 Å². The molecule has 1 aliphatic heterocycles. The lowest BCUT2D eigenvalue weighted by Gasteiger charge is -2.19. The van der Waals surface area contributed by atoms with Crippen LogP contribution in [-0.2, 0) is 11.0 Å². The van der Waals surface area contributed by atoms with Crippen LogP contribution in [0, 0.1) is 0 Å². The Hall–Kier alpha value is -2.76. The van der Waals surface area contributed by atoms with Crippen LogP contribution in [-0.4, -0.2) is 17.7 Å². The Balaban J connectivity index is 2.24. The third-order valence-electron chi connectivity index (χ3n) is 3.61. The summed E-state index contributed by atoms with van der Waals surface area (Å²) in [7, 11) is 0. The number of carbonyl (C=O) groups is 1. The van der Waals surface area contributed by atoms with E-state index in [9.17, 15) is 18.0 Å². The minimum absolute atomic E-state index is 0.262. The molecular formula is C19H17F3O3. The largest absolute Gasteiger partial charge is 0.488 e. The molecule has 1 aromatic rings. The molecular weight excluding hydrogens is 333 g/mol. The summed E-state index contributed by atoms with van der Waals surface area (Å²) in [6, 6.07) is 3.39. The second-order valence-electron chi connectivity index (χ2n) is 5.64. The summed E-state index contributed by atoms with van der Waals surface area (Å²) in [5, 5.41) is 8.64. The summed E-state index contributed by atoms with van der Waals surface area (Å²) in [6.45, 7) is 3.73. The number of hydrogen-bond donors (Lipinski definition) is 1. The Kier molecular flexibility index (Phi) is 5.51. The maximum absolute atomic E-state index is 12.8. The highest BCUT2D eigenvalue weighted by molar-refractivity contribution is 5.81. The van der Waals surface area contributed by atoms with E-state index in [2.05, 4.69) is 0 Å². The SMILES string of the molecule is C/C(=C/C=C/C(C)=C/C(=O)O)C1=Cc2cc(C(F)(F)F)ccc2OC1. The van der Waals surface area contributed by atoms with Crippen molar-refractivity contribution in [2.75, 3.05) is 6.61 Å². The van der Waals surface area contributed by atoms with Crippen molar-refractivity contribution in [3.05, 3.63) is 70.3 Å². The minimum Gasteiger partial charge on any atom is -0.488 e. The molecule has 0 spiro atoms. The normalized spacial score (nSPS) is 15.6. The third kappa shape index (κ3) is 5.11. The van der Waals surface area contributed by atoms with Crippen LogP contribution in [0.15, 0.2) is 59.2 Å². The zero-order valence-electron chi connectivity index (χ0n) is 13.7. The maximum atomic E-state index is 12.8. The van der Waals surface area contributed by atoms with Crippen molar-refractivity contribution >= 4 is 12.0 Å². The summed E-state index contributed by atoms with van der Waals surface area (Å²) in [4.78, 5) is 10.5. The third-order valence-corrected chi connectivity index (χ3v) is 3.61. The van der Waals surface area contributed by atoms with E-state index in [1.54, 1.807) is 31.2 Å². The van der Waals surface area contributed by atoms with E-state index in [1.165, 1.54) is 6.07 Å². The van der Waals surface area contributed by atoms with Crippen molar-refractivity contribution in [3.8, 4) is 5.75 Å². The van der Waals surface area contributed by atoms with Gasteiger partial charge in [0.15, 0.2) is 0 Å². The molecule has 0 amide bonds. The van der Waals surface area contributed by atoms with Crippen molar-refractivity contribution < 1.29 is 27.8 Å². The van der Waals surface area contributed by atoms with Gasteiger partial charge in [0.2, 0.25) is 0 Å². The zero-order chi connectivity index (χ0) is 18.6. The Bertz CT molecular complexity index is 797. The Morgan fingerprint density at radius 2 is 2.00 bits per heavy atom. The van der Waals surface area contributed by atoms with Crippen molar-refractivity contribution in [1.29, 1.82) is 0 Å². The van der Waals surface area contributed by atoms with E-state index in [-0.39, 0.29) is 6.61 Å². The second-order valence-corrected chi connectivity index (χ2v) is 5.64. The quantitative estimate of drug-likeness (QED) is 0.613. The molecule has 1 aliphatic rings. The van der Waals surface area contributed by atoms with Gasteiger partial charge in [-0.3, -0.25) is 0 Å². The first-order valence-corrected chi connectivity index (χ1v) is 7.48. The Morgan fingerprint density at radius 1 is 1.28 bits per heavy atom. The highest BCUT2D eigenvalue weighted by Crippen LogP contribution is 2.35.